The molecule has 4 nitrogen and oxygen atoms in total. The van der Waals surface area contributed by atoms with Crippen molar-refractivity contribution in [1.82, 2.24) is 19.3 Å². The molecular formula is C32H22N4. The average molecular weight is 463 g/mol. The van der Waals surface area contributed by atoms with Crippen LogP contribution in [0, 0.1) is 0 Å². The molecule has 0 bridgehead atoms. The fourth-order valence-corrected chi connectivity index (χ4v) is 5.29. The smallest absolute Gasteiger partial charge is 0.160 e. The highest BCUT2D eigenvalue weighted by atomic mass is 15.2. The number of hydrogen-bond donors (Lipinski definition) is 0. The molecule has 0 aliphatic carbocycles. The number of benzene rings is 4. The first-order valence-electron chi connectivity index (χ1n) is 11.9. The van der Waals surface area contributed by atoms with E-state index < -0.39 is 0 Å². The predicted molar refractivity (Wildman–Crippen MR) is 151 cm³/mol. The number of hydrogen-bond acceptors (Lipinski definition) is 2. The molecule has 3 heterocycles. The van der Waals surface area contributed by atoms with Crippen LogP contribution in [0.25, 0.3) is 67.4 Å². The molecule has 4 aromatic carbocycles. The van der Waals surface area contributed by atoms with Crippen molar-refractivity contribution in [2.75, 3.05) is 0 Å². The standard InChI is InChI=1S/C32H22N4/c1-3-21-13-15-29-25(19-21)26-20-22(4-2)14-16-30(26)36(29)32-18-17-31(33-34-32)35-27-11-7-5-9-23(27)24-10-6-8-12-28(24)35/h3-20H,1-2H2. The Bertz CT molecular complexity index is 1850. The fraction of sp³-hybridized carbons (Fsp3) is 0. The first-order valence-corrected chi connectivity index (χ1v) is 11.9. The van der Waals surface area contributed by atoms with Gasteiger partial charge in [0.2, 0.25) is 0 Å². The summed E-state index contributed by atoms with van der Waals surface area (Å²) in [5.41, 5.74) is 6.56. The van der Waals surface area contributed by atoms with Crippen LogP contribution in [0.4, 0.5) is 0 Å². The SMILES string of the molecule is C=Cc1ccc2c(c1)c1cc(C=C)ccc1n2-c1ccc(-n2c3ccccc3c3ccccc32)nn1. The second-order valence-electron chi connectivity index (χ2n) is 8.92. The Morgan fingerprint density at radius 1 is 0.472 bits per heavy atom. The lowest BCUT2D eigenvalue weighted by Gasteiger charge is -2.09. The van der Waals surface area contributed by atoms with Gasteiger partial charge in [-0.2, -0.15) is 0 Å². The second kappa shape index (κ2) is 7.79. The molecule has 0 atom stereocenters. The summed E-state index contributed by atoms with van der Waals surface area (Å²) in [6.07, 6.45) is 3.75. The summed E-state index contributed by atoms with van der Waals surface area (Å²) >= 11 is 0. The molecule has 7 rings (SSSR count). The third-order valence-electron chi connectivity index (χ3n) is 6.96. The van der Waals surface area contributed by atoms with Crippen LogP contribution in [-0.2, 0) is 0 Å². The molecule has 0 fully saturated rings. The van der Waals surface area contributed by atoms with Crippen LogP contribution in [-0.4, -0.2) is 19.3 Å². The van der Waals surface area contributed by atoms with Crippen LogP contribution in [0.15, 0.2) is 110 Å². The maximum absolute atomic E-state index is 4.73. The van der Waals surface area contributed by atoms with Gasteiger partial charge < -0.3 is 0 Å². The molecule has 7 aromatic rings. The fourth-order valence-electron chi connectivity index (χ4n) is 5.29. The Balaban J connectivity index is 1.46. The zero-order chi connectivity index (χ0) is 24.2. The molecule has 170 valence electrons. The quantitative estimate of drug-likeness (QED) is 0.266. The third kappa shape index (κ3) is 2.88. The summed E-state index contributed by atoms with van der Waals surface area (Å²) in [4.78, 5) is 0. The number of para-hydroxylation sites is 2. The van der Waals surface area contributed by atoms with Gasteiger partial charge in [-0.1, -0.05) is 73.8 Å². The molecule has 0 saturated heterocycles. The van der Waals surface area contributed by atoms with Gasteiger partial charge >= 0.3 is 0 Å². The van der Waals surface area contributed by atoms with Gasteiger partial charge in [-0.25, -0.2) is 0 Å². The van der Waals surface area contributed by atoms with E-state index in [1.54, 1.807) is 0 Å². The molecular weight excluding hydrogens is 440 g/mol. The molecule has 3 aromatic heterocycles. The largest absolute Gasteiger partial charge is 0.292 e. The molecule has 0 aliphatic rings. The van der Waals surface area contributed by atoms with Crippen molar-refractivity contribution in [2.45, 2.75) is 0 Å². The minimum atomic E-state index is 0.775. The van der Waals surface area contributed by atoms with Crippen LogP contribution < -0.4 is 0 Å². The van der Waals surface area contributed by atoms with E-state index in [4.69, 9.17) is 10.2 Å². The molecule has 0 spiro atoms. The van der Waals surface area contributed by atoms with Crippen molar-refractivity contribution in [2.24, 2.45) is 0 Å². The van der Waals surface area contributed by atoms with E-state index in [1.165, 1.54) is 10.8 Å². The van der Waals surface area contributed by atoms with E-state index >= 15 is 0 Å². The zero-order valence-electron chi connectivity index (χ0n) is 19.6. The average Bonchev–Trinajstić information content (AvgIpc) is 3.45. The summed E-state index contributed by atoms with van der Waals surface area (Å²) in [6.45, 7) is 7.89. The summed E-state index contributed by atoms with van der Waals surface area (Å²) in [5, 5.41) is 14.2. The van der Waals surface area contributed by atoms with Crippen molar-refractivity contribution >= 4 is 55.8 Å². The lowest BCUT2D eigenvalue weighted by atomic mass is 10.1. The van der Waals surface area contributed by atoms with Gasteiger partial charge in [0.15, 0.2) is 11.6 Å². The maximum Gasteiger partial charge on any atom is 0.160 e. The lowest BCUT2D eigenvalue weighted by Crippen LogP contribution is -2.03. The number of aromatic nitrogens is 4. The van der Waals surface area contributed by atoms with Gasteiger partial charge in [-0.15, -0.1) is 10.2 Å². The first-order chi connectivity index (χ1) is 17.8. The van der Waals surface area contributed by atoms with Gasteiger partial charge in [0, 0.05) is 21.5 Å². The third-order valence-corrected chi connectivity index (χ3v) is 6.96. The minimum Gasteiger partial charge on any atom is -0.292 e. The van der Waals surface area contributed by atoms with E-state index in [9.17, 15) is 0 Å². The monoisotopic (exact) mass is 462 g/mol. The Morgan fingerprint density at radius 2 is 0.889 bits per heavy atom. The Hall–Kier alpha value is -4.96. The lowest BCUT2D eigenvalue weighted by molar-refractivity contribution is 0.909. The van der Waals surface area contributed by atoms with Gasteiger partial charge in [0.05, 0.1) is 22.1 Å². The van der Waals surface area contributed by atoms with Crippen molar-refractivity contribution in [3.63, 3.8) is 0 Å². The Labute approximate surface area is 208 Å². The van der Waals surface area contributed by atoms with E-state index in [0.29, 0.717) is 0 Å². The molecule has 0 aliphatic heterocycles. The highest BCUT2D eigenvalue weighted by Gasteiger charge is 2.16. The van der Waals surface area contributed by atoms with Gasteiger partial charge in [-0.3, -0.25) is 9.13 Å². The van der Waals surface area contributed by atoms with E-state index in [1.807, 2.05) is 18.2 Å². The summed E-state index contributed by atoms with van der Waals surface area (Å²) in [5.74, 6) is 1.57. The van der Waals surface area contributed by atoms with Gasteiger partial charge in [0.25, 0.3) is 0 Å². The highest BCUT2D eigenvalue weighted by Crippen LogP contribution is 2.34. The molecule has 0 N–H and O–H groups in total. The van der Waals surface area contributed by atoms with Crippen LogP contribution in [0.2, 0.25) is 0 Å². The summed E-state index contributed by atoms with van der Waals surface area (Å²) < 4.78 is 4.35. The molecule has 0 unspecified atom stereocenters. The summed E-state index contributed by atoms with van der Waals surface area (Å²) in [6, 6.07) is 33.7. The van der Waals surface area contributed by atoms with Crippen LogP contribution in [0.5, 0.6) is 0 Å². The van der Waals surface area contributed by atoms with E-state index in [0.717, 1.165) is 55.6 Å². The normalized spacial score (nSPS) is 11.6. The maximum atomic E-state index is 4.73. The number of nitrogens with zero attached hydrogens (tertiary/aromatic N) is 4. The van der Waals surface area contributed by atoms with Gasteiger partial charge in [-0.05, 0) is 59.7 Å². The van der Waals surface area contributed by atoms with Crippen LogP contribution in [0.1, 0.15) is 11.1 Å². The highest BCUT2D eigenvalue weighted by molar-refractivity contribution is 6.11. The predicted octanol–water partition coefficient (Wildman–Crippen LogP) is 7.96. The zero-order valence-corrected chi connectivity index (χ0v) is 19.6. The second-order valence-corrected chi connectivity index (χ2v) is 8.92. The van der Waals surface area contributed by atoms with Crippen LogP contribution in [0.3, 0.4) is 0 Å². The summed E-state index contributed by atoms with van der Waals surface area (Å²) in [7, 11) is 0. The van der Waals surface area contributed by atoms with Crippen molar-refractivity contribution < 1.29 is 0 Å². The molecule has 0 radical (unpaired) electrons. The molecule has 36 heavy (non-hydrogen) atoms. The van der Waals surface area contributed by atoms with Crippen molar-refractivity contribution in [3.8, 4) is 11.6 Å². The number of rotatable bonds is 4. The number of fused-ring (bicyclic) bond motifs is 6. The first kappa shape index (κ1) is 20.4. The van der Waals surface area contributed by atoms with E-state index in [-0.39, 0.29) is 0 Å². The van der Waals surface area contributed by atoms with Crippen molar-refractivity contribution in [1.29, 1.82) is 0 Å². The molecule has 4 heteroatoms. The Kier molecular flexibility index (Phi) is 4.42. The topological polar surface area (TPSA) is 35.6 Å². The molecule has 0 saturated carbocycles. The van der Waals surface area contributed by atoms with Gasteiger partial charge in [0.1, 0.15) is 0 Å². The Morgan fingerprint density at radius 3 is 1.31 bits per heavy atom. The van der Waals surface area contributed by atoms with Crippen molar-refractivity contribution in [3.05, 3.63) is 121 Å². The molecule has 0 amide bonds. The van der Waals surface area contributed by atoms with E-state index in [2.05, 4.69) is 113 Å². The van der Waals surface area contributed by atoms with Crippen LogP contribution >= 0.6 is 0 Å². The minimum absolute atomic E-state index is 0.775.